The van der Waals surface area contributed by atoms with Crippen LogP contribution in [0.3, 0.4) is 0 Å². The lowest BCUT2D eigenvalue weighted by molar-refractivity contribution is 0.0881. The van der Waals surface area contributed by atoms with E-state index < -0.39 is 6.10 Å². The van der Waals surface area contributed by atoms with Crippen molar-refractivity contribution in [2.24, 2.45) is 0 Å². The van der Waals surface area contributed by atoms with Gasteiger partial charge >= 0.3 is 0 Å². The Labute approximate surface area is 146 Å². The van der Waals surface area contributed by atoms with Crippen LogP contribution in [0.1, 0.15) is 42.3 Å². The Morgan fingerprint density at radius 3 is 2.52 bits per heavy atom. The van der Waals surface area contributed by atoms with Crippen LogP contribution in [0.15, 0.2) is 22.7 Å². The predicted molar refractivity (Wildman–Crippen MR) is 96.2 cm³/mol. The number of nitrogens with zero attached hydrogens (tertiary/aromatic N) is 2. The first kappa shape index (κ1) is 18.0. The summed E-state index contributed by atoms with van der Waals surface area (Å²) in [7, 11) is 0. The van der Waals surface area contributed by atoms with Gasteiger partial charge in [-0.1, -0.05) is 26.0 Å². The molecule has 2 rings (SSSR count). The van der Waals surface area contributed by atoms with E-state index >= 15 is 0 Å². The molecule has 23 heavy (non-hydrogen) atoms. The molecular weight excluding hydrogens is 356 g/mol. The first-order valence-electron chi connectivity index (χ1n) is 7.90. The van der Waals surface area contributed by atoms with E-state index in [-0.39, 0.29) is 6.61 Å². The van der Waals surface area contributed by atoms with Gasteiger partial charge < -0.3 is 9.84 Å². The Bertz CT molecular complexity index is 680. The van der Waals surface area contributed by atoms with E-state index in [9.17, 15) is 5.11 Å². The van der Waals surface area contributed by atoms with Crippen LogP contribution in [0, 0.1) is 20.8 Å². The largest absolute Gasteiger partial charge is 0.491 e. The maximum absolute atomic E-state index is 10.3. The second-order valence-electron chi connectivity index (χ2n) is 6.33. The molecule has 0 bridgehead atoms. The highest BCUT2D eigenvalue weighted by atomic mass is 79.9. The van der Waals surface area contributed by atoms with Crippen molar-refractivity contribution >= 4 is 15.9 Å². The summed E-state index contributed by atoms with van der Waals surface area (Å²) < 4.78 is 8.69. The first-order chi connectivity index (χ1) is 10.8. The third kappa shape index (κ3) is 4.36. The fourth-order valence-electron chi connectivity index (χ4n) is 2.53. The Kier molecular flexibility index (Phi) is 5.87. The molecule has 1 aromatic heterocycles. The number of hydrogen-bond donors (Lipinski definition) is 1. The van der Waals surface area contributed by atoms with Crippen molar-refractivity contribution in [1.29, 1.82) is 0 Å². The van der Waals surface area contributed by atoms with Gasteiger partial charge in [-0.3, -0.25) is 4.68 Å². The van der Waals surface area contributed by atoms with Gasteiger partial charge in [-0.05, 0) is 59.8 Å². The number of aliphatic hydroxyl groups is 1. The Morgan fingerprint density at radius 1 is 1.26 bits per heavy atom. The van der Waals surface area contributed by atoms with Crippen molar-refractivity contribution in [3.05, 3.63) is 45.2 Å². The standard InChI is InChI=1S/C18H25BrN2O2/c1-11(2)16-7-6-12(3)8-17(16)23-10-15(22)9-21-14(5)18(19)13(4)20-21/h6-8,11,15,22H,9-10H2,1-5H3. The molecule has 4 nitrogen and oxygen atoms in total. The first-order valence-corrected chi connectivity index (χ1v) is 8.69. The summed E-state index contributed by atoms with van der Waals surface area (Å²) in [6, 6.07) is 6.22. The lowest BCUT2D eigenvalue weighted by Gasteiger charge is -2.18. The lowest BCUT2D eigenvalue weighted by atomic mass is 10.0. The van der Waals surface area contributed by atoms with Gasteiger partial charge in [0.1, 0.15) is 18.5 Å². The molecule has 1 atom stereocenters. The SMILES string of the molecule is Cc1ccc(C(C)C)c(OCC(O)Cn2nc(C)c(Br)c2C)c1. The molecular formula is C18H25BrN2O2. The monoisotopic (exact) mass is 380 g/mol. The van der Waals surface area contributed by atoms with Crippen molar-refractivity contribution in [3.8, 4) is 5.75 Å². The van der Waals surface area contributed by atoms with Gasteiger partial charge in [0.15, 0.2) is 0 Å². The molecule has 0 amide bonds. The highest BCUT2D eigenvalue weighted by molar-refractivity contribution is 9.10. The van der Waals surface area contributed by atoms with E-state index in [1.54, 1.807) is 0 Å². The lowest BCUT2D eigenvalue weighted by Crippen LogP contribution is -2.25. The van der Waals surface area contributed by atoms with Crippen LogP contribution in [0.2, 0.25) is 0 Å². The maximum atomic E-state index is 10.3. The molecule has 0 aliphatic rings. The van der Waals surface area contributed by atoms with E-state index in [0.29, 0.717) is 12.5 Å². The van der Waals surface area contributed by atoms with Gasteiger partial charge in [0.25, 0.3) is 0 Å². The molecule has 1 unspecified atom stereocenters. The molecule has 0 aliphatic heterocycles. The smallest absolute Gasteiger partial charge is 0.123 e. The minimum Gasteiger partial charge on any atom is -0.491 e. The predicted octanol–water partition coefficient (Wildman–Crippen LogP) is 4.13. The number of ether oxygens (including phenoxy) is 1. The van der Waals surface area contributed by atoms with Crippen LogP contribution in [0.4, 0.5) is 0 Å². The van der Waals surface area contributed by atoms with E-state index in [2.05, 4.69) is 47.0 Å². The third-order valence-electron chi connectivity index (χ3n) is 3.90. The zero-order valence-electron chi connectivity index (χ0n) is 14.4. The van der Waals surface area contributed by atoms with Gasteiger partial charge in [-0.2, -0.15) is 5.10 Å². The minimum atomic E-state index is -0.611. The summed E-state index contributed by atoms with van der Waals surface area (Å²) in [5.74, 6) is 1.24. The summed E-state index contributed by atoms with van der Waals surface area (Å²) in [5, 5.41) is 14.7. The molecule has 1 heterocycles. The molecule has 0 aliphatic carbocycles. The van der Waals surface area contributed by atoms with Gasteiger partial charge in [-0.25, -0.2) is 0 Å². The highest BCUT2D eigenvalue weighted by Gasteiger charge is 2.15. The molecule has 1 aromatic carbocycles. The molecule has 1 N–H and O–H groups in total. The van der Waals surface area contributed by atoms with Gasteiger partial charge in [-0.15, -0.1) is 0 Å². The number of aromatic nitrogens is 2. The minimum absolute atomic E-state index is 0.249. The van der Waals surface area contributed by atoms with E-state index in [0.717, 1.165) is 32.7 Å². The zero-order valence-corrected chi connectivity index (χ0v) is 16.0. The van der Waals surface area contributed by atoms with E-state index in [1.807, 2.05) is 31.5 Å². The fourth-order valence-corrected chi connectivity index (χ4v) is 2.82. The number of benzene rings is 1. The molecule has 0 radical (unpaired) electrons. The Morgan fingerprint density at radius 2 is 1.96 bits per heavy atom. The summed E-state index contributed by atoms with van der Waals surface area (Å²) in [6.45, 7) is 10.9. The van der Waals surface area contributed by atoms with Gasteiger partial charge in [0.2, 0.25) is 0 Å². The number of hydrogen-bond acceptors (Lipinski definition) is 3. The molecule has 0 fully saturated rings. The summed E-state index contributed by atoms with van der Waals surface area (Å²) >= 11 is 3.50. The second-order valence-corrected chi connectivity index (χ2v) is 7.12. The quantitative estimate of drug-likeness (QED) is 0.818. The maximum Gasteiger partial charge on any atom is 0.123 e. The summed E-state index contributed by atoms with van der Waals surface area (Å²) in [6.07, 6.45) is -0.611. The Hall–Kier alpha value is -1.33. The second kappa shape index (κ2) is 7.49. The number of halogens is 1. The van der Waals surface area contributed by atoms with Crippen molar-refractivity contribution in [3.63, 3.8) is 0 Å². The van der Waals surface area contributed by atoms with E-state index in [1.165, 1.54) is 0 Å². The average Bonchev–Trinajstić information content (AvgIpc) is 2.72. The molecule has 5 heteroatoms. The molecule has 126 valence electrons. The van der Waals surface area contributed by atoms with E-state index in [4.69, 9.17) is 4.74 Å². The molecule has 2 aromatic rings. The van der Waals surface area contributed by atoms with Gasteiger partial charge in [0.05, 0.1) is 16.7 Å². The third-order valence-corrected chi connectivity index (χ3v) is 5.05. The Balaban J connectivity index is 2.03. The highest BCUT2D eigenvalue weighted by Crippen LogP contribution is 2.27. The summed E-state index contributed by atoms with van der Waals surface area (Å²) in [5.41, 5.74) is 4.26. The van der Waals surface area contributed by atoms with Gasteiger partial charge in [0, 0.05) is 5.69 Å². The zero-order chi connectivity index (χ0) is 17.1. The van der Waals surface area contributed by atoms with Crippen molar-refractivity contribution < 1.29 is 9.84 Å². The van der Waals surface area contributed by atoms with Crippen LogP contribution in [0.25, 0.3) is 0 Å². The summed E-state index contributed by atoms with van der Waals surface area (Å²) in [4.78, 5) is 0. The number of aliphatic hydroxyl groups excluding tert-OH is 1. The molecule has 0 spiro atoms. The fraction of sp³-hybridized carbons (Fsp3) is 0.500. The van der Waals surface area contributed by atoms with Crippen LogP contribution in [-0.4, -0.2) is 27.6 Å². The molecule has 0 saturated heterocycles. The van der Waals surface area contributed by atoms with Crippen LogP contribution < -0.4 is 4.74 Å². The number of rotatable bonds is 6. The van der Waals surface area contributed by atoms with Crippen molar-refractivity contribution in [1.82, 2.24) is 9.78 Å². The van der Waals surface area contributed by atoms with Crippen molar-refractivity contribution in [2.45, 2.75) is 53.2 Å². The number of aryl methyl sites for hydroxylation is 2. The normalized spacial score (nSPS) is 12.7. The molecule has 0 saturated carbocycles. The average molecular weight is 381 g/mol. The van der Waals surface area contributed by atoms with Crippen LogP contribution in [0.5, 0.6) is 5.75 Å². The van der Waals surface area contributed by atoms with Crippen LogP contribution in [-0.2, 0) is 6.54 Å². The van der Waals surface area contributed by atoms with Crippen LogP contribution >= 0.6 is 15.9 Å². The van der Waals surface area contributed by atoms with Crippen molar-refractivity contribution in [2.75, 3.05) is 6.61 Å². The topological polar surface area (TPSA) is 47.3 Å².